The van der Waals surface area contributed by atoms with E-state index in [0.29, 0.717) is 12.2 Å². The number of alkyl halides is 2. The summed E-state index contributed by atoms with van der Waals surface area (Å²) in [5.74, 6) is -0.253. The van der Waals surface area contributed by atoms with Crippen LogP contribution in [0, 0.1) is 0 Å². The lowest BCUT2D eigenvalue weighted by Gasteiger charge is -2.05. The fourth-order valence-electron chi connectivity index (χ4n) is 3.20. The van der Waals surface area contributed by atoms with E-state index >= 15 is 0 Å². The SMILES string of the molecule is C=C(C)C(=O)OCCCCCCCCCCCCCCCCCC[Si]C(I)I. The largest absolute Gasteiger partial charge is 0.462 e. The molecule has 0 N–H and O–H groups in total. The summed E-state index contributed by atoms with van der Waals surface area (Å²) in [6, 6.07) is 1.45. The molecule has 0 aromatic rings. The molecule has 0 aromatic carbocycles. The van der Waals surface area contributed by atoms with Crippen LogP contribution in [-0.2, 0) is 9.53 Å². The molecule has 0 unspecified atom stereocenters. The zero-order valence-electron chi connectivity index (χ0n) is 18.1. The van der Waals surface area contributed by atoms with Gasteiger partial charge in [-0.15, -0.1) is 0 Å². The first kappa shape index (κ1) is 28.9. The third kappa shape index (κ3) is 23.2. The molecule has 0 aliphatic rings. The van der Waals surface area contributed by atoms with Gasteiger partial charge >= 0.3 is 5.97 Å². The van der Waals surface area contributed by atoms with E-state index in [1.165, 1.54) is 102 Å². The van der Waals surface area contributed by atoms with Crippen LogP contribution in [0.5, 0.6) is 0 Å². The van der Waals surface area contributed by atoms with Gasteiger partial charge in [-0.1, -0.05) is 154 Å². The van der Waals surface area contributed by atoms with Crippen LogP contribution in [0.4, 0.5) is 0 Å². The predicted molar refractivity (Wildman–Crippen MR) is 142 cm³/mol. The minimum atomic E-state index is -0.253. The summed E-state index contributed by atoms with van der Waals surface area (Å²) >= 11 is 5.07. The molecule has 2 nitrogen and oxygen atoms in total. The van der Waals surface area contributed by atoms with Gasteiger partial charge in [0.25, 0.3) is 0 Å². The number of unbranched alkanes of at least 4 members (excludes halogenated alkanes) is 15. The van der Waals surface area contributed by atoms with Gasteiger partial charge < -0.3 is 4.74 Å². The lowest BCUT2D eigenvalue weighted by Crippen LogP contribution is -2.05. The Labute approximate surface area is 204 Å². The summed E-state index contributed by atoms with van der Waals surface area (Å²) in [6.07, 6.45) is 21.9. The van der Waals surface area contributed by atoms with Crippen molar-refractivity contribution in [1.82, 2.24) is 0 Å². The van der Waals surface area contributed by atoms with E-state index < -0.39 is 0 Å². The van der Waals surface area contributed by atoms with Gasteiger partial charge in [0.05, 0.1) is 17.7 Å². The first-order valence-electron chi connectivity index (χ1n) is 11.4. The van der Waals surface area contributed by atoms with Gasteiger partial charge in [-0.3, -0.25) is 0 Å². The number of carbonyl (C=O) groups excluding carboxylic acids is 1. The molecule has 0 amide bonds. The zero-order valence-corrected chi connectivity index (χ0v) is 23.4. The molecule has 5 heteroatoms. The van der Waals surface area contributed by atoms with Crippen LogP contribution in [0.1, 0.15) is 110 Å². The van der Waals surface area contributed by atoms with Gasteiger partial charge in [-0.25, -0.2) is 4.79 Å². The molecule has 0 saturated carbocycles. The molecular weight excluding hydrogens is 590 g/mol. The van der Waals surface area contributed by atoms with Crippen LogP contribution < -0.4 is 0 Å². The minimum Gasteiger partial charge on any atom is -0.462 e. The van der Waals surface area contributed by atoms with Crippen molar-refractivity contribution in [1.29, 1.82) is 0 Å². The highest BCUT2D eigenvalue weighted by molar-refractivity contribution is 14.2. The first-order valence-corrected chi connectivity index (χ1v) is 15.2. The second-order valence-electron chi connectivity index (χ2n) is 7.83. The first-order chi connectivity index (χ1) is 13.5. The van der Waals surface area contributed by atoms with Crippen molar-refractivity contribution in [3.63, 3.8) is 0 Å². The Kier molecular flexibility index (Phi) is 23.3. The number of ether oxygens (including phenoxy) is 1. The summed E-state index contributed by atoms with van der Waals surface area (Å²) in [4.78, 5) is 11.2. The Bertz CT molecular complexity index is 376. The molecule has 0 heterocycles. The summed E-state index contributed by atoms with van der Waals surface area (Å²) in [7, 11) is 1.15. The molecule has 28 heavy (non-hydrogen) atoms. The van der Waals surface area contributed by atoms with Crippen molar-refractivity contribution in [3.8, 4) is 0 Å². The predicted octanol–water partition coefficient (Wildman–Crippen LogP) is 8.62. The fourth-order valence-corrected chi connectivity index (χ4v) is 5.74. The molecule has 0 aromatic heterocycles. The maximum atomic E-state index is 11.2. The van der Waals surface area contributed by atoms with Gasteiger partial charge in [0, 0.05) is 5.57 Å². The lowest BCUT2D eigenvalue weighted by atomic mass is 10.0. The quantitative estimate of drug-likeness (QED) is 0.0317. The monoisotopic (exact) mass is 632 g/mol. The molecule has 0 atom stereocenters. The number of hydrogen-bond acceptors (Lipinski definition) is 2. The summed E-state index contributed by atoms with van der Waals surface area (Å²) in [5, 5.41) is 0. The third-order valence-electron chi connectivity index (χ3n) is 4.95. The number of halogens is 2. The average molecular weight is 632 g/mol. The summed E-state index contributed by atoms with van der Waals surface area (Å²) in [5.41, 5.74) is 0.493. The van der Waals surface area contributed by atoms with Gasteiger partial charge in [0.15, 0.2) is 0 Å². The van der Waals surface area contributed by atoms with Crippen LogP contribution in [0.25, 0.3) is 0 Å². The van der Waals surface area contributed by atoms with Crippen LogP contribution in [-0.4, -0.2) is 23.7 Å². The van der Waals surface area contributed by atoms with Crippen LogP contribution in [0.3, 0.4) is 0 Å². The molecule has 0 fully saturated rings. The van der Waals surface area contributed by atoms with E-state index in [1.54, 1.807) is 6.92 Å². The van der Waals surface area contributed by atoms with Gasteiger partial charge in [-0.2, -0.15) is 0 Å². The summed E-state index contributed by atoms with van der Waals surface area (Å²) in [6.45, 7) is 5.82. The van der Waals surface area contributed by atoms with Crippen molar-refractivity contribution in [2.45, 2.75) is 117 Å². The minimum absolute atomic E-state index is 0.253. The Hall–Kier alpha value is 0.887. The van der Waals surface area contributed by atoms with Crippen molar-refractivity contribution in [3.05, 3.63) is 12.2 Å². The number of hydrogen-bond donors (Lipinski definition) is 0. The lowest BCUT2D eigenvalue weighted by molar-refractivity contribution is -0.139. The number of esters is 1. The second-order valence-corrected chi connectivity index (χ2v) is 16.5. The van der Waals surface area contributed by atoms with Crippen molar-refractivity contribution >= 4 is 60.7 Å². The van der Waals surface area contributed by atoms with Gasteiger partial charge in [-0.05, 0) is 13.3 Å². The Morgan fingerprint density at radius 3 is 1.46 bits per heavy atom. The normalized spacial score (nSPS) is 11.1. The van der Waals surface area contributed by atoms with E-state index in [1.807, 2.05) is 0 Å². The maximum Gasteiger partial charge on any atom is 0.333 e. The molecule has 0 aliphatic carbocycles. The van der Waals surface area contributed by atoms with E-state index in [0.717, 1.165) is 17.5 Å². The van der Waals surface area contributed by atoms with E-state index in [2.05, 4.69) is 51.8 Å². The highest BCUT2D eigenvalue weighted by atomic mass is 127. The van der Waals surface area contributed by atoms with Gasteiger partial charge in [0.1, 0.15) is 0 Å². The van der Waals surface area contributed by atoms with Crippen LogP contribution >= 0.6 is 45.2 Å². The number of carbonyl (C=O) groups is 1. The van der Waals surface area contributed by atoms with E-state index in [4.69, 9.17) is 4.74 Å². The zero-order chi connectivity index (χ0) is 20.9. The van der Waals surface area contributed by atoms with E-state index in [-0.39, 0.29) is 5.97 Å². The molecule has 0 aliphatic heterocycles. The van der Waals surface area contributed by atoms with Crippen molar-refractivity contribution in [2.75, 3.05) is 6.61 Å². The topological polar surface area (TPSA) is 26.3 Å². The Morgan fingerprint density at radius 2 is 1.11 bits per heavy atom. The Balaban J connectivity index is 3.07. The van der Waals surface area contributed by atoms with Crippen molar-refractivity contribution < 1.29 is 9.53 Å². The second kappa shape index (κ2) is 22.6. The maximum absolute atomic E-state index is 11.2. The molecule has 0 bridgehead atoms. The summed E-state index contributed by atoms with van der Waals surface area (Å²) < 4.78 is 5.95. The third-order valence-corrected chi connectivity index (χ3v) is 8.54. The van der Waals surface area contributed by atoms with Crippen molar-refractivity contribution in [2.24, 2.45) is 0 Å². The van der Waals surface area contributed by atoms with Crippen LogP contribution in [0.2, 0.25) is 6.04 Å². The average Bonchev–Trinajstić information content (AvgIpc) is 2.65. The smallest absolute Gasteiger partial charge is 0.333 e. The molecule has 0 rings (SSSR count). The fraction of sp³-hybridized carbons (Fsp3) is 0.870. The van der Waals surface area contributed by atoms with Crippen LogP contribution in [0.15, 0.2) is 12.2 Å². The Morgan fingerprint density at radius 1 is 0.750 bits per heavy atom. The molecule has 0 saturated heterocycles. The highest BCUT2D eigenvalue weighted by Crippen LogP contribution is 2.15. The molecule has 0 spiro atoms. The standard InChI is InChI=1S/C23H42I2O2Si/c1-21(2)22(26)27-19-17-15-13-11-9-7-5-3-4-6-8-10-12-14-16-18-20-28-23(24)25/h23H,1,3-20H2,2H3. The van der Waals surface area contributed by atoms with Gasteiger partial charge in [0.2, 0.25) is 0 Å². The molecular formula is C23H42I2O2Si. The molecule has 164 valence electrons. The molecule has 2 radical (unpaired) electrons. The highest BCUT2D eigenvalue weighted by Gasteiger charge is 2.02. The van der Waals surface area contributed by atoms with E-state index in [9.17, 15) is 4.79 Å². The number of rotatable bonds is 21.